The molecule has 0 spiro atoms. The third kappa shape index (κ3) is 10.9. The molecule has 3 amide bonds. The number of amides is 3. The van der Waals surface area contributed by atoms with Crippen LogP contribution in [0.15, 0.2) is 30.3 Å². The molecule has 0 bridgehead atoms. The number of hydrogen-bond donors (Lipinski definition) is 4. The average Bonchev–Trinajstić information content (AvgIpc) is 3.07. The highest BCUT2D eigenvalue weighted by Crippen LogP contribution is 2.34. The quantitative estimate of drug-likeness (QED) is 0.161. The number of piperidine rings is 1. The van der Waals surface area contributed by atoms with Gasteiger partial charge in [-0.2, -0.15) is 18.4 Å². The molecule has 49 heavy (non-hydrogen) atoms. The molecule has 2 aliphatic rings. The van der Waals surface area contributed by atoms with E-state index >= 15 is 0 Å². The minimum atomic E-state index is -4.76. The van der Waals surface area contributed by atoms with E-state index in [1.165, 1.54) is 13.2 Å². The zero-order chi connectivity index (χ0) is 35.4. The van der Waals surface area contributed by atoms with Crippen molar-refractivity contribution in [3.05, 3.63) is 47.3 Å². The number of urea groups is 1. The number of nitrogens with one attached hydrogen (secondary N) is 3. The molecule has 16 heteroatoms. The molecule has 0 aliphatic carbocycles. The Morgan fingerprint density at radius 2 is 1.69 bits per heavy atom. The molecule has 2 fully saturated rings. The standard InChI is InChI=1S/C33H44F3N9O4/c1-49-30(47)25(38)4-2-3-14-40-32(48)41-16-10-23-11-17-44(18-12-23)27-20-28(43-31(42-27)33(34,35)36)45-19-13-26(45)29(46)39-15-9-22-5-7-24(21-37)8-6-22/h5-8,20,23,25-26H,2-4,9-19,38H2,1H3,(H,39,46)(H2,40,41,48). The van der Waals surface area contributed by atoms with Gasteiger partial charge in [-0.25, -0.2) is 14.8 Å². The summed E-state index contributed by atoms with van der Waals surface area (Å²) < 4.78 is 46.2. The van der Waals surface area contributed by atoms with Crippen LogP contribution in [0.4, 0.5) is 29.6 Å². The Hall–Kier alpha value is -4.65. The van der Waals surface area contributed by atoms with Crippen LogP contribution < -0.4 is 31.5 Å². The smallest absolute Gasteiger partial charge is 0.451 e. The summed E-state index contributed by atoms with van der Waals surface area (Å²) in [6, 6.07) is 9.05. The molecular weight excluding hydrogens is 643 g/mol. The fourth-order valence-corrected chi connectivity index (χ4v) is 5.85. The van der Waals surface area contributed by atoms with Crippen molar-refractivity contribution in [3.8, 4) is 6.07 Å². The highest BCUT2D eigenvalue weighted by atomic mass is 19.4. The van der Waals surface area contributed by atoms with Gasteiger partial charge in [0.1, 0.15) is 23.7 Å². The maximum atomic E-state index is 13.9. The van der Waals surface area contributed by atoms with Gasteiger partial charge in [0.25, 0.3) is 0 Å². The van der Waals surface area contributed by atoms with E-state index in [0.29, 0.717) is 76.9 Å². The zero-order valence-electron chi connectivity index (χ0n) is 27.6. The highest BCUT2D eigenvalue weighted by Gasteiger charge is 2.40. The summed E-state index contributed by atoms with van der Waals surface area (Å²) in [5.74, 6) is -1.45. The Balaban J connectivity index is 1.22. The second-order valence-corrected chi connectivity index (χ2v) is 12.3. The van der Waals surface area contributed by atoms with Gasteiger partial charge in [0, 0.05) is 45.3 Å². The molecule has 2 unspecified atom stereocenters. The van der Waals surface area contributed by atoms with E-state index in [-0.39, 0.29) is 29.5 Å². The van der Waals surface area contributed by atoms with Crippen molar-refractivity contribution in [2.24, 2.45) is 11.7 Å². The van der Waals surface area contributed by atoms with Crippen molar-refractivity contribution < 1.29 is 32.3 Å². The largest absolute Gasteiger partial charge is 0.468 e. The lowest BCUT2D eigenvalue weighted by Gasteiger charge is -2.41. The maximum Gasteiger partial charge on any atom is 0.451 e. The Morgan fingerprint density at radius 1 is 1.00 bits per heavy atom. The van der Waals surface area contributed by atoms with Crippen molar-refractivity contribution >= 4 is 29.5 Å². The first-order valence-electron chi connectivity index (χ1n) is 16.6. The van der Waals surface area contributed by atoms with Crippen LogP contribution in [0.1, 0.15) is 61.9 Å². The maximum absolute atomic E-state index is 13.9. The molecule has 2 atom stereocenters. The minimum Gasteiger partial charge on any atom is -0.468 e. The van der Waals surface area contributed by atoms with E-state index in [2.05, 4.69) is 36.7 Å². The zero-order valence-corrected chi connectivity index (χ0v) is 27.6. The molecule has 4 rings (SSSR count). The van der Waals surface area contributed by atoms with Gasteiger partial charge < -0.3 is 36.2 Å². The summed E-state index contributed by atoms with van der Waals surface area (Å²) in [6.45, 7) is 2.65. The van der Waals surface area contributed by atoms with Crippen molar-refractivity contribution in [1.29, 1.82) is 5.26 Å². The van der Waals surface area contributed by atoms with Gasteiger partial charge in [-0.15, -0.1) is 0 Å². The van der Waals surface area contributed by atoms with Gasteiger partial charge in [-0.3, -0.25) is 9.59 Å². The Kier molecular flexibility index (Phi) is 13.4. The summed E-state index contributed by atoms with van der Waals surface area (Å²) in [5.41, 5.74) is 7.20. The summed E-state index contributed by atoms with van der Waals surface area (Å²) >= 11 is 0. The van der Waals surface area contributed by atoms with Crippen LogP contribution in [0.2, 0.25) is 0 Å². The molecule has 5 N–H and O–H groups in total. The number of alkyl halides is 3. The molecule has 266 valence electrons. The number of rotatable bonds is 15. The number of nitrogens with two attached hydrogens (primary N) is 1. The average molecular weight is 688 g/mol. The molecule has 2 saturated heterocycles. The topological polar surface area (TPSA) is 179 Å². The SMILES string of the molecule is COC(=O)C(N)CCCCNC(=O)NCCC1CCN(c2cc(N3CCC3C(=O)NCCc3ccc(C#N)cc3)nc(C(F)(F)F)n2)CC1. The second-order valence-electron chi connectivity index (χ2n) is 12.3. The van der Waals surface area contributed by atoms with Crippen LogP contribution in [-0.2, 0) is 26.9 Å². The predicted molar refractivity (Wildman–Crippen MR) is 175 cm³/mol. The predicted octanol–water partition coefficient (Wildman–Crippen LogP) is 2.88. The van der Waals surface area contributed by atoms with Crippen LogP contribution in [0.3, 0.4) is 0 Å². The van der Waals surface area contributed by atoms with Crippen molar-refractivity contribution in [2.75, 3.05) is 56.2 Å². The molecule has 13 nitrogen and oxygen atoms in total. The minimum absolute atomic E-state index is 0.0689. The highest BCUT2D eigenvalue weighted by molar-refractivity contribution is 5.86. The van der Waals surface area contributed by atoms with Crippen LogP contribution in [0, 0.1) is 17.2 Å². The van der Waals surface area contributed by atoms with Gasteiger partial charge in [-0.1, -0.05) is 12.1 Å². The number of ether oxygens (including phenoxy) is 1. The van der Waals surface area contributed by atoms with Gasteiger partial charge in [0.15, 0.2) is 0 Å². The van der Waals surface area contributed by atoms with E-state index in [0.717, 1.165) is 24.8 Å². The molecule has 3 heterocycles. The number of benzene rings is 1. The van der Waals surface area contributed by atoms with Crippen LogP contribution >= 0.6 is 0 Å². The van der Waals surface area contributed by atoms with Gasteiger partial charge in [0.05, 0.1) is 18.7 Å². The molecule has 0 radical (unpaired) electrons. The summed E-state index contributed by atoms with van der Waals surface area (Å²) in [4.78, 5) is 47.5. The normalized spacial score (nSPS) is 17.0. The number of nitrogens with zero attached hydrogens (tertiary/aromatic N) is 5. The number of carbonyl (C=O) groups excluding carboxylic acids is 3. The van der Waals surface area contributed by atoms with Gasteiger partial charge in [-0.05, 0) is 75.0 Å². The molecule has 2 aliphatic heterocycles. The molecule has 2 aromatic rings. The Bertz CT molecular complexity index is 1460. The number of halogens is 3. The lowest BCUT2D eigenvalue weighted by Crippen LogP contribution is -2.57. The number of nitriles is 1. The molecular formula is C33H44F3N9O4. The first-order chi connectivity index (χ1) is 23.5. The number of hydrogen-bond acceptors (Lipinski definition) is 10. The van der Waals surface area contributed by atoms with Gasteiger partial charge >= 0.3 is 18.2 Å². The van der Waals surface area contributed by atoms with Crippen molar-refractivity contribution in [2.45, 2.75) is 69.6 Å². The fourth-order valence-electron chi connectivity index (χ4n) is 5.85. The second kappa shape index (κ2) is 17.7. The lowest BCUT2D eigenvalue weighted by atomic mass is 9.93. The number of unbranched alkanes of at least 4 members (excludes halogenated alkanes) is 1. The third-order valence-corrected chi connectivity index (χ3v) is 8.87. The Labute approximate surface area is 283 Å². The number of methoxy groups -OCH3 is 1. The lowest BCUT2D eigenvalue weighted by molar-refractivity contribution is -0.145. The Morgan fingerprint density at radius 3 is 2.33 bits per heavy atom. The summed E-state index contributed by atoms with van der Waals surface area (Å²) in [6.07, 6.45) is 0.275. The number of anilines is 2. The molecule has 1 aromatic carbocycles. The van der Waals surface area contributed by atoms with Crippen LogP contribution in [0.25, 0.3) is 0 Å². The van der Waals surface area contributed by atoms with E-state index in [1.807, 2.05) is 17.0 Å². The number of aromatic nitrogens is 2. The van der Waals surface area contributed by atoms with Crippen LogP contribution in [-0.4, -0.2) is 86.3 Å². The van der Waals surface area contributed by atoms with Crippen molar-refractivity contribution in [3.63, 3.8) is 0 Å². The van der Waals surface area contributed by atoms with Crippen LogP contribution in [0.5, 0.6) is 0 Å². The summed E-state index contributed by atoms with van der Waals surface area (Å²) in [7, 11) is 1.29. The molecule has 0 saturated carbocycles. The van der Waals surface area contributed by atoms with E-state index in [9.17, 15) is 27.6 Å². The monoisotopic (exact) mass is 687 g/mol. The number of carbonyl (C=O) groups is 3. The van der Waals surface area contributed by atoms with E-state index < -0.39 is 30.1 Å². The van der Waals surface area contributed by atoms with E-state index in [4.69, 9.17) is 11.0 Å². The first kappa shape index (κ1) is 37.2. The third-order valence-electron chi connectivity index (χ3n) is 8.87. The summed E-state index contributed by atoms with van der Waals surface area (Å²) in [5, 5.41) is 17.4. The fraction of sp³-hybridized carbons (Fsp3) is 0.576. The molecule has 1 aromatic heterocycles. The van der Waals surface area contributed by atoms with E-state index in [1.54, 1.807) is 17.0 Å². The van der Waals surface area contributed by atoms with Crippen molar-refractivity contribution in [1.82, 2.24) is 25.9 Å². The first-order valence-corrected chi connectivity index (χ1v) is 16.6. The number of esters is 1. The van der Waals surface area contributed by atoms with Gasteiger partial charge in [0.2, 0.25) is 11.7 Å².